The number of rotatable bonds is 3. The fraction of sp³-hybridized carbons (Fsp3) is 0.389. The molecule has 3 aromatic rings. The number of hydrogen-bond acceptors (Lipinski definition) is 6. The van der Waals surface area contributed by atoms with Crippen molar-refractivity contribution < 1.29 is 9.50 Å². The van der Waals surface area contributed by atoms with E-state index in [0.29, 0.717) is 40.6 Å². The zero-order valence-corrected chi connectivity index (χ0v) is 14.6. The summed E-state index contributed by atoms with van der Waals surface area (Å²) in [5, 5.41) is 18.1. The lowest BCUT2D eigenvalue weighted by molar-refractivity contribution is 0.466. The summed E-state index contributed by atoms with van der Waals surface area (Å²) in [6.07, 6.45) is 5.57. The number of anilines is 2. The maximum absolute atomic E-state index is 13.6. The van der Waals surface area contributed by atoms with Crippen LogP contribution in [0.5, 0.6) is 5.75 Å². The molecule has 7 nitrogen and oxygen atoms in total. The summed E-state index contributed by atoms with van der Waals surface area (Å²) in [7, 11) is 5.69. The second-order valence-electron chi connectivity index (χ2n) is 7.26. The molecule has 2 N–H and O–H groups in total. The van der Waals surface area contributed by atoms with Gasteiger partial charge in [0.05, 0.1) is 16.9 Å². The van der Waals surface area contributed by atoms with Crippen molar-refractivity contribution in [3.8, 4) is 5.75 Å². The van der Waals surface area contributed by atoms with Crippen LogP contribution in [0.25, 0.3) is 10.9 Å². The summed E-state index contributed by atoms with van der Waals surface area (Å²) in [4.78, 5) is 13.1. The summed E-state index contributed by atoms with van der Waals surface area (Å²) in [6, 6.07) is 2.72. The van der Waals surface area contributed by atoms with E-state index < -0.39 is 5.82 Å². The molecule has 1 aliphatic carbocycles. The quantitative estimate of drug-likeness (QED) is 0.678. The molecule has 0 bridgehead atoms. The second kappa shape index (κ2) is 6.11. The van der Waals surface area contributed by atoms with Gasteiger partial charge in [-0.1, -0.05) is 5.46 Å². The van der Waals surface area contributed by atoms with Crippen LogP contribution >= 0.6 is 0 Å². The first-order valence-electron chi connectivity index (χ1n) is 9.06. The van der Waals surface area contributed by atoms with E-state index in [-0.39, 0.29) is 11.8 Å². The Balaban J connectivity index is 1.48. The highest BCUT2D eigenvalue weighted by Gasteiger charge is 2.41. The molecule has 1 aromatic carbocycles. The molecule has 1 atom stereocenters. The first-order valence-corrected chi connectivity index (χ1v) is 9.06. The Bertz CT molecular complexity index is 989. The predicted molar refractivity (Wildman–Crippen MR) is 101 cm³/mol. The number of aromatic hydroxyl groups is 1. The molecule has 136 valence electrons. The van der Waals surface area contributed by atoms with Crippen molar-refractivity contribution in [3.05, 3.63) is 30.3 Å². The normalized spacial score (nSPS) is 20.4. The summed E-state index contributed by atoms with van der Waals surface area (Å²) in [5.74, 6) is 1.34. The molecule has 0 amide bonds. The SMILES string of the molecule is [B]c1cnc(N2CCN(c3n[nH]c4cc(F)cc(O)c34)C(C3CC3)C2)nc1. The number of benzene rings is 1. The van der Waals surface area contributed by atoms with E-state index in [0.717, 1.165) is 19.2 Å². The fourth-order valence-corrected chi connectivity index (χ4v) is 3.93. The number of aromatic amines is 1. The number of phenolic OH excluding ortho intramolecular Hbond substituents is 1. The Morgan fingerprint density at radius 3 is 2.70 bits per heavy atom. The highest BCUT2D eigenvalue weighted by atomic mass is 19.1. The fourth-order valence-electron chi connectivity index (χ4n) is 3.93. The van der Waals surface area contributed by atoms with Gasteiger partial charge >= 0.3 is 0 Å². The topological polar surface area (TPSA) is 81.2 Å². The van der Waals surface area contributed by atoms with Gasteiger partial charge in [-0.25, -0.2) is 14.4 Å². The van der Waals surface area contributed by atoms with Crippen molar-refractivity contribution in [2.24, 2.45) is 5.92 Å². The lowest BCUT2D eigenvalue weighted by Crippen LogP contribution is -2.55. The van der Waals surface area contributed by atoms with Gasteiger partial charge in [0, 0.05) is 38.1 Å². The number of nitrogens with one attached hydrogen (secondary N) is 1. The van der Waals surface area contributed by atoms with Gasteiger partial charge in [0.15, 0.2) is 5.82 Å². The van der Waals surface area contributed by atoms with E-state index in [1.807, 2.05) is 0 Å². The van der Waals surface area contributed by atoms with Crippen LogP contribution in [0.2, 0.25) is 0 Å². The average Bonchev–Trinajstić information content (AvgIpc) is 3.42. The van der Waals surface area contributed by atoms with Gasteiger partial charge in [-0.15, -0.1) is 0 Å². The van der Waals surface area contributed by atoms with Crippen molar-refractivity contribution in [2.45, 2.75) is 18.9 Å². The number of H-pyrrole nitrogens is 1. The van der Waals surface area contributed by atoms with Gasteiger partial charge in [-0.05, 0) is 24.8 Å². The second-order valence-corrected chi connectivity index (χ2v) is 7.26. The zero-order valence-electron chi connectivity index (χ0n) is 14.6. The van der Waals surface area contributed by atoms with E-state index in [4.69, 9.17) is 7.85 Å². The third-order valence-corrected chi connectivity index (χ3v) is 5.39. The van der Waals surface area contributed by atoms with E-state index in [1.54, 1.807) is 12.4 Å². The van der Waals surface area contributed by atoms with Gasteiger partial charge in [0.2, 0.25) is 5.95 Å². The summed E-state index contributed by atoms with van der Waals surface area (Å²) in [5.41, 5.74) is 1.04. The Kier molecular flexibility index (Phi) is 3.70. The van der Waals surface area contributed by atoms with E-state index in [2.05, 4.69) is 30.0 Å². The van der Waals surface area contributed by atoms with Crippen LogP contribution in [0.15, 0.2) is 24.5 Å². The molecule has 2 fully saturated rings. The molecule has 2 radical (unpaired) electrons. The number of phenols is 1. The average molecular weight is 364 g/mol. The Morgan fingerprint density at radius 1 is 1.19 bits per heavy atom. The highest BCUT2D eigenvalue weighted by Crippen LogP contribution is 2.41. The smallest absolute Gasteiger partial charge is 0.225 e. The van der Waals surface area contributed by atoms with Crippen molar-refractivity contribution in [3.63, 3.8) is 0 Å². The molecule has 27 heavy (non-hydrogen) atoms. The molecule has 1 aliphatic heterocycles. The third kappa shape index (κ3) is 2.87. The first-order chi connectivity index (χ1) is 13.1. The first kappa shape index (κ1) is 16.3. The summed E-state index contributed by atoms with van der Waals surface area (Å²) >= 11 is 0. The lowest BCUT2D eigenvalue weighted by atomic mass is 10.0. The predicted octanol–water partition coefficient (Wildman–Crippen LogP) is 1.10. The summed E-state index contributed by atoms with van der Waals surface area (Å²) < 4.78 is 13.6. The molecule has 2 aliphatic rings. The molecule has 5 rings (SSSR count). The number of hydrogen-bond donors (Lipinski definition) is 2. The minimum absolute atomic E-state index is 0.0902. The zero-order chi connectivity index (χ0) is 18.5. The molecule has 0 spiro atoms. The highest BCUT2D eigenvalue weighted by molar-refractivity contribution is 6.31. The maximum atomic E-state index is 13.6. The number of halogens is 1. The van der Waals surface area contributed by atoms with E-state index in [1.165, 1.54) is 18.9 Å². The summed E-state index contributed by atoms with van der Waals surface area (Å²) in [6.45, 7) is 2.21. The van der Waals surface area contributed by atoms with Crippen LogP contribution in [-0.2, 0) is 0 Å². The standard InChI is InChI=1S/C18H18BFN6O/c19-11-7-21-18(22-8-11)25-3-4-26(14(9-25)10-1-2-10)17-16-13(23-24-17)5-12(20)6-15(16)27/h5-8,10,14,27H,1-4,9H2,(H,23,24). The molecule has 1 saturated carbocycles. The number of aromatic nitrogens is 4. The Labute approximate surface area is 156 Å². The van der Waals surface area contributed by atoms with Gasteiger partial charge in [-0.2, -0.15) is 5.10 Å². The van der Waals surface area contributed by atoms with Crippen LogP contribution in [0.4, 0.5) is 16.2 Å². The van der Waals surface area contributed by atoms with Crippen LogP contribution in [-0.4, -0.2) is 58.8 Å². The molecule has 1 saturated heterocycles. The van der Waals surface area contributed by atoms with E-state index >= 15 is 0 Å². The van der Waals surface area contributed by atoms with Crippen LogP contribution in [0.1, 0.15) is 12.8 Å². The van der Waals surface area contributed by atoms with Gasteiger partial charge in [0.25, 0.3) is 0 Å². The number of fused-ring (bicyclic) bond motifs is 1. The number of nitrogens with zero attached hydrogens (tertiary/aromatic N) is 5. The monoisotopic (exact) mass is 364 g/mol. The van der Waals surface area contributed by atoms with Crippen molar-refractivity contribution >= 4 is 36.0 Å². The van der Waals surface area contributed by atoms with Crippen LogP contribution < -0.4 is 15.3 Å². The third-order valence-electron chi connectivity index (χ3n) is 5.39. The number of piperazine rings is 1. The van der Waals surface area contributed by atoms with Crippen molar-refractivity contribution in [1.29, 1.82) is 0 Å². The van der Waals surface area contributed by atoms with Crippen molar-refractivity contribution in [2.75, 3.05) is 29.4 Å². The molecule has 3 heterocycles. The van der Waals surface area contributed by atoms with Crippen molar-refractivity contribution in [1.82, 2.24) is 20.2 Å². The minimum Gasteiger partial charge on any atom is -0.507 e. The van der Waals surface area contributed by atoms with Gasteiger partial charge in [0.1, 0.15) is 19.4 Å². The molecule has 1 unspecified atom stereocenters. The minimum atomic E-state index is -0.487. The Morgan fingerprint density at radius 2 is 1.96 bits per heavy atom. The lowest BCUT2D eigenvalue weighted by Gasteiger charge is -2.42. The molecular formula is C18H18BFN6O. The van der Waals surface area contributed by atoms with Gasteiger partial charge in [-0.3, -0.25) is 5.10 Å². The van der Waals surface area contributed by atoms with E-state index in [9.17, 15) is 9.50 Å². The maximum Gasteiger partial charge on any atom is 0.225 e. The largest absolute Gasteiger partial charge is 0.507 e. The Hall–Kier alpha value is -2.84. The molecular weight excluding hydrogens is 346 g/mol. The molecule has 2 aromatic heterocycles. The van der Waals surface area contributed by atoms with Gasteiger partial charge < -0.3 is 14.9 Å². The van der Waals surface area contributed by atoms with Crippen LogP contribution in [0, 0.1) is 11.7 Å². The molecule has 9 heteroatoms. The van der Waals surface area contributed by atoms with Crippen LogP contribution in [0.3, 0.4) is 0 Å².